The van der Waals surface area contributed by atoms with Crippen LogP contribution in [0.4, 0.5) is 10.1 Å². The van der Waals surface area contributed by atoms with Gasteiger partial charge in [-0.3, -0.25) is 9.78 Å². The predicted molar refractivity (Wildman–Crippen MR) is 129 cm³/mol. The Morgan fingerprint density at radius 1 is 1.26 bits per heavy atom. The van der Waals surface area contributed by atoms with Crippen LogP contribution < -0.4 is 9.64 Å². The zero-order valence-corrected chi connectivity index (χ0v) is 20.1. The third kappa shape index (κ3) is 6.23. The summed E-state index contributed by atoms with van der Waals surface area (Å²) >= 11 is 6.19. The van der Waals surface area contributed by atoms with Crippen molar-refractivity contribution >= 4 is 29.2 Å². The third-order valence-electron chi connectivity index (χ3n) is 5.27. The van der Waals surface area contributed by atoms with Crippen molar-refractivity contribution < 1.29 is 23.5 Å². The van der Waals surface area contributed by atoms with Crippen molar-refractivity contribution in [2.45, 2.75) is 52.2 Å². The summed E-state index contributed by atoms with van der Waals surface area (Å²) in [5, 5.41) is 0.106. The van der Waals surface area contributed by atoms with Gasteiger partial charge < -0.3 is 14.4 Å². The molecule has 0 saturated heterocycles. The van der Waals surface area contributed by atoms with Crippen molar-refractivity contribution in [1.29, 1.82) is 0 Å². The summed E-state index contributed by atoms with van der Waals surface area (Å²) in [5.74, 6) is -1.43. The molecule has 1 aliphatic carbocycles. The molecule has 0 spiro atoms. The van der Waals surface area contributed by atoms with Gasteiger partial charge in [0.2, 0.25) is 0 Å². The molecule has 1 heterocycles. The summed E-state index contributed by atoms with van der Waals surface area (Å²) < 4.78 is 26.1. The number of hydrogen-bond acceptors (Lipinski definition) is 5. The van der Waals surface area contributed by atoms with Gasteiger partial charge in [-0.05, 0) is 57.2 Å². The van der Waals surface area contributed by atoms with E-state index in [0.717, 1.165) is 18.9 Å². The Labute approximate surface area is 204 Å². The van der Waals surface area contributed by atoms with Crippen molar-refractivity contribution in [3.63, 3.8) is 0 Å². The lowest BCUT2D eigenvalue weighted by molar-refractivity contribution is -0.138. The number of halogens is 2. The van der Waals surface area contributed by atoms with E-state index >= 15 is 4.39 Å². The molecule has 0 saturated carbocycles. The summed E-state index contributed by atoms with van der Waals surface area (Å²) in [6.07, 6.45) is 6.80. The predicted octanol–water partition coefficient (Wildman–Crippen LogP) is 5.79. The number of nitrogens with zero attached hydrogens (tertiary/aromatic N) is 2. The molecule has 0 fully saturated rings. The van der Waals surface area contributed by atoms with Gasteiger partial charge in [0.05, 0.1) is 23.4 Å². The SMILES string of the molecule is C=CCOC(=O)C1=C(C(=O)N(Cc2cccnc2)c2cc(OC(C)C)c(Cl)cc2F)CCCC1. The second-order valence-corrected chi connectivity index (χ2v) is 8.61. The maximum absolute atomic E-state index is 15.2. The Morgan fingerprint density at radius 3 is 2.65 bits per heavy atom. The van der Waals surface area contributed by atoms with Gasteiger partial charge in [-0.1, -0.05) is 30.3 Å². The van der Waals surface area contributed by atoms with Gasteiger partial charge >= 0.3 is 5.97 Å². The van der Waals surface area contributed by atoms with Gasteiger partial charge in [0.1, 0.15) is 18.2 Å². The number of anilines is 1. The van der Waals surface area contributed by atoms with Crippen LogP contribution in [0.5, 0.6) is 5.75 Å². The van der Waals surface area contributed by atoms with Crippen molar-refractivity contribution in [1.82, 2.24) is 4.98 Å². The standard InChI is InChI=1S/C26H28ClFN2O4/c1-4-12-33-26(32)20-10-6-5-9-19(20)25(31)30(16-18-8-7-11-29-15-18)23-14-24(34-17(2)3)21(27)13-22(23)28/h4,7-8,11,13-15,17H,1,5-6,9-10,12,16H2,2-3H3. The van der Waals surface area contributed by atoms with E-state index in [9.17, 15) is 9.59 Å². The largest absolute Gasteiger partial charge is 0.489 e. The molecule has 0 aliphatic heterocycles. The van der Waals surface area contributed by atoms with Crippen molar-refractivity contribution in [2.24, 2.45) is 0 Å². The Hall–Kier alpha value is -3.19. The number of rotatable bonds is 9. The molecule has 2 aromatic rings. The molecule has 0 N–H and O–H groups in total. The van der Waals surface area contributed by atoms with E-state index in [0.29, 0.717) is 29.6 Å². The Balaban J connectivity index is 2.09. The summed E-state index contributed by atoms with van der Waals surface area (Å²) in [6.45, 7) is 7.30. The number of hydrogen-bond donors (Lipinski definition) is 0. The van der Waals surface area contributed by atoms with Crippen molar-refractivity contribution in [3.8, 4) is 5.75 Å². The second-order valence-electron chi connectivity index (χ2n) is 8.20. The number of benzene rings is 1. The molecule has 0 bridgehead atoms. The lowest BCUT2D eigenvalue weighted by atomic mass is 9.90. The highest BCUT2D eigenvalue weighted by atomic mass is 35.5. The Morgan fingerprint density at radius 2 is 2.00 bits per heavy atom. The van der Waals surface area contributed by atoms with Gasteiger partial charge in [0.15, 0.2) is 0 Å². The zero-order chi connectivity index (χ0) is 24.7. The van der Waals surface area contributed by atoms with Gasteiger partial charge in [0.25, 0.3) is 5.91 Å². The van der Waals surface area contributed by atoms with E-state index in [-0.39, 0.29) is 35.7 Å². The molecular formula is C26H28ClFN2O4. The number of amides is 1. The van der Waals surface area contributed by atoms with Crippen LogP contribution in [0, 0.1) is 5.82 Å². The topological polar surface area (TPSA) is 68.7 Å². The first-order valence-corrected chi connectivity index (χ1v) is 11.6. The van der Waals surface area contributed by atoms with E-state index in [1.165, 1.54) is 17.0 Å². The van der Waals surface area contributed by atoms with Crippen LogP contribution in [0.25, 0.3) is 0 Å². The second kappa shape index (κ2) is 11.8. The highest BCUT2D eigenvalue weighted by molar-refractivity contribution is 6.32. The minimum atomic E-state index is -0.675. The fourth-order valence-corrected chi connectivity index (χ4v) is 3.96. The fraction of sp³-hybridized carbons (Fsp3) is 0.346. The number of carbonyl (C=O) groups excluding carboxylic acids is 2. The summed E-state index contributed by atoms with van der Waals surface area (Å²) in [4.78, 5) is 31.9. The molecule has 180 valence electrons. The molecule has 3 rings (SSSR count). The summed E-state index contributed by atoms with van der Waals surface area (Å²) in [6, 6.07) is 6.08. The minimum absolute atomic E-state index is 0.00536. The quantitative estimate of drug-likeness (QED) is 0.331. The molecule has 0 radical (unpaired) electrons. The molecular weight excluding hydrogens is 459 g/mol. The first-order valence-electron chi connectivity index (χ1n) is 11.2. The van der Waals surface area contributed by atoms with E-state index < -0.39 is 17.7 Å². The van der Waals surface area contributed by atoms with E-state index in [2.05, 4.69) is 11.6 Å². The van der Waals surface area contributed by atoms with E-state index in [1.807, 2.05) is 13.8 Å². The number of aromatic nitrogens is 1. The molecule has 0 atom stereocenters. The smallest absolute Gasteiger partial charge is 0.334 e. The van der Waals surface area contributed by atoms with Gasteiger partial charge in [-0.15, -0.1) is 0 Å². The molecule has 1 amide bonds. The minimum Gasteiger partial charge on any atom is -0.489 e. The van der Waals surface area contributed by atoms with Crippen LogP contribution in [0.1, 0.15) is 45.1 Å². The number of pyridine rings is 1. The lowest BCUT2D eigenvalue weighted by Crippen LogP contribution is -2.34. The van der Waals surface area contributed by atoms with Crippen LogP contribution in [0.3, 0.4) is 0 Å². The average Bonchev–Trinajstić information content (AvgIpc) is 2.83. The molecule has 0 unspecified atom stereocenters. The molecule has 1 aromatic carbocycles. The van der Waals surface area contributed by atoms with E-state index in [1.54, 1.807) is 24.5 Å². The fourth-order valence-electron chi connectivity index (χ4n) is 3.76. The van der Waals surface area contributed by atoms with Crippen molar-refractivity contribution in [2.75, 3.05) is 11.5 Å². The van der Waals surface area contributed by atoms with Gasteiger partial charge in [0, 0.05) is 29.6 Å². The van der Waals surface area contributed by atoms with Gasteiger partial charge in [-0.2, -0.15) is 0 Å². The molecule has 6 nitrogen and oxygen atoms in total. The normalized spacial score (nSPS) is 13.6. The average molecular weight is 487 g/mol. The van der Waals surface area contributed by atoms with Crippen LogP contribution in [-0.2, 0) is 20.9 Å². The van der Waals surface area contributed by atoms with Crippen LogP contribution in [0.2, 0.25) is 5.02 Å². The van der Waals surface area contributed by atoms with Crippen LogP contribution in [0.15, 0.2) is 60.5 Å². The van der Waals surface area contributed by atoms with Crippen molar-refractivity contribution in [3.05, 3.63) is 76.9 Å². The first kappa shape index (κ1) is 25.4. The third-order valence-corrected chi connectivity index (χ3v) is 5.56. The maximum atomic E-state index is 15.2. The highest BCUT2D eigenvalue weighted by Gasteiger charge is 2.30. The summed E-state index contributed by atoms with van der Waals surface area (Å²) in [7, 11) is 0. The lowest BCUT2D eigenvalue weighted by Gasteiger charge is -2.28. The maximum Gasteiger partial charge on any atom is 0.334 e. The van der Waals surface area contributed by atoms with Gasteiger partial charge in [-0.25, -0.2) is 9.18 Å². The first-order chi connectivity index (χ1) is 16.3. The number of ether oxygens (including phenoxy) is 2. The molecule has 1 aromatic heterocycles. The van der Waals surface area contributed by atoms with Crippen LogP contribution in [-0.4, -0.2) is 29.6 Å². The van der Waals surface area contributed by atoms with Crippen LogP contribution >= 0.6 is 11.6 Å². The number of carbonyl (C=O) groups is 2. The Kier molecular flexibility index (Phi) is 8.82. The zero-order valence-electron chi connectivity index (χ0n) is 19.4. The number of esters is 1. The monoisotopic (exact) mass is 486 g/mol. The Bertz CT molecular complexity index is 1090. The van der Waals surface area contributed by atoms with E-state index in [4.69, 9.17) is 21.1 Å². The highest BCUT2D eigenvalue weighted by Crippen LogP contribution is 2.36. The molecule has 1 aliphatic rings. The molecule has 8 heteroatoms. The molecule has 34 heavy (non-hydrogen) atoms. The summed E-state index contributed by atoms with van der Waals surface area (Å²) in [5.41, 5.74) is 1.35.